The summed E-state index contributed by atoms with van der Waals surface area (Å²) in [6.45, 7) is 5.23. The van der Waals surface area contributed by atoms with Crippen LogP contribution in [0.2, 0.25) is 0 Å². The largest absolute Gasteiger partial charge is 0.279 e. The van der Waals surface area contributed by atoms with Gasteiger partial charge in [0.25, 0.3) is 0 Å². The molecule has 0 fully saturated rings. The number of hydrogen-bond donors (Lipinski definition) is 4. The van der Waals surface area contributed by atoms with Crippen LogP contribution in [-0.4, -0.2) is 47.6 Å². The molecule has 114 valence electrons. The van der Waals surface area contributed by atoms with Crippen molar-refractivity contribution in [1.29, 1.82) is 16.1 Å². The summed E-state index contributed by atoms with van der Waals surface area (Å²) in [5.41, 5.74) is 2.01. The lowest BCUT2D eigenvalue weighted by molar-refractivity contribution is -0.389. The first-order chi connectivity index (χ1) is 10.7. The average Bonchev–Trinajstić information content (AvgIpc) is 2.56. The van der Waals surface area contributed by atoms with E-state index in [-0.39, 0.29) is 0 Å². The molecule has 7 heteroatoms. The molecular weight excluding hydrogens is 278 g/mol. The Bertz CT molecular complexity index is 592. The molecule has 0 aliphatic heterocycles. The van der Waals surface area contributed by atoms with E-state index >= 15 is 0 Å². The van der Waals surface area contributed by atoms with Gasteiger partial charge in [-0.15, -0.1) is 0 Å². The van der Waals surface area contributed by atoms with E-state index in [9.17, 15) is 0 Å². The monoisotopic (exact) mass is 299 g/mol. The zero-order chi connectivity index (χ0) is 16.4. The Morgan fingerprint density at radius 3 is 1.77 bits per heavy atom. The molecule has 0 bridgehead atoms. The summed E-state index contributed by atoms with van der Waals surface area (Å²) in [7, 11) is 0. The van der Waals surface area contributed by atoms with Gasteiger partial charge >= 0.3 is 0 Å². The molecule has 0 heterocycles. The molecule has 0 amide bonds. The van der Waals surface area contributed by atoms with E-state index in [4.69, 9.17) is 16.1 Å². The first-order valence-electron chi connectivity index (χ1n) is 6.94. The van der Waals surface area contributed by atoms with Gasteiger partial charge < -0.3 is 0 Å². The lowest BCUT2D eigenvalue weighted by Gasteiger charge is -2.04. The summed E-state index contributed by atoms with van der Waals surface area (Å²) < 4.78 is 3.35. The molecule has 0 radical (unpaired) electrons. The molecule has 0 aliphatic carbocycles. The Balaban J connectivity index is 3.01. The SMILES string of the molecule is CC/[N+](C=N)=C/Nc1cc(C#N)cc(N/C=[N+](\C=N)CC)c1. The molecule has 0 spiro atoms. The number of nitriles is 1. The second kappa shape index (κ2) is 9.02. The highest BCUT2D eigenvalue weighted by Gasteiger charge is 2.04. The molecule has 1 rings (SSSR count). The number of anilines is 2. The number of hydrogen-bond acceptors (Lipinski definition) is 3. The number of nitrogens with zero attached hydrogens (tertiary/aromatic N) is 3. The zero-order valence-corrected chi connectivity index (χ0v) is 12.8. The third-order valence-corrected chi connectivity index (χ3v) is 2.92. The minimum atomic E-state index is 0.519. The maximum Gasteiger partial charge on any atom is 0.216 e. The summed E-state index contributed by atoms with van der Waals surface area (Å²) in [5, 5.41) is 29.7. The lowest BCUT2D eigenvalue weighted by Crippen LogP contribution is -2.16. The number of rotatable bonds is 8. The van der Waals surface area contributed by atoms with Crippen molar-refractivity contribution < 1.29 is 9.15 Å². The van der Waals surface area contributed by atoms with E-state index in [1.165, 1.54) is 12.7 Å². The Morgan fingerprint density at radius 1 is 1.00 bits per heavy atom. The maximum absolute atomic E-state index is 9.11. The predicted molar refractivity (Wildman–Crippen MR) is 89.7 cm³/mol. The van der Waals surface area contributed by atoms with Gasteiger partial charge in [-0.05, 0) is 26.0 Å². The van der Waals surface area contributed by atoms with Crippen molar-refractivity contribution in [2.45, 2.75) is 13.8 Å². The van der Waals surface area contributed by atoms with E-state index in [0.717, 1.165) is 11.4 Å². The van der Waals surface area contributed by atoms with E-state index in [1.54, 1.807) is 34.0 Å². The van der Waals surface area contributed by atoms with E-state index in [1.807, 2.05) is 19.9 Å². The molecule has 0 aliphatic rings. The van der Waals surface area contributed by atoms with Crippen LogP contribution in [-0.2, 0) is 0 Å². The molecule has 0 saturated heterocycles. The van der Waals surface area contributed by atoms with Gasteiger partial charge in [0, 0.05) is 6.07 Å². The van der Waals surface area contributed by atoms with Crippen molar-refractivity contribution in [2.24, 2.45) is 0 Å². The fraction of sp³-hybridized carbons (Fsp3) is 0.267. The van der Waals surface area contributed by atoms with Gasteiger partial charge in [-0.1, -0.05) is 0 Å². The van der Waals surface area contributed by atoms with Gasteiger partial charge in [0.15, 0.2) is 12.7 Å². The number of nitrogens with one attached hydrogen (secondary N) is 4. The first kappa shape index (κ1) is 17.0. The summed E-state index contributed by atoms with van der Waals surface area (Å²) >= 11 is 0. The lowest BCUT2D eigenvalue weighted by atomic mass is 10.2. The molecule has 7 nitrogen and oxygen atoms in total. The van der Waals surface area contributed by atoms with Gasteiger partial charge in [-0.25, -0.2) is 9.15 Å². The minimum Gasteiger partial charge on any atom is -0.279 e. The van der Waals surface area contributed by atoms with Crippen LogP contribution in [0.1, 0.15) is 19.4 Å². The van der Waals surface area contributed by atoms with Crippen molar-refractivity contribution in [3.05, 3.63) is 23.8 Å². The average molecular weight is 299 g/mol. The van der Waals surface area contributed by atoms with Crippen LogP contribution in [0.5, 0.6) is 0 Å². The second-order valence-electron chi connectivity index (χ2n) is 4.38. The van der Waals surface area contributed by atoms with Crippen LogP contribution in [0.15, 0.2) is 18.2 Å². The molecule has 0 saturated carbocycles. The highest BCUT2D eigenvalue weighted by molar-refractivity contribution is 5.81. The number of benzene rings is 1. The Kier molecular flexibility index (Phi) is 6.99. The van der Waals surface area contributed by atoms with E-state index in [0.29, 0.717) is 18.7 Å². The summed E-state index contributed by atoms with van der Waals surface area (Å²) in [6, 6.07) is 7.42. The molecule has 4 N–H and O–H groups in total. The molecular formula is C15H21N7+2. The Hall–Kier alpha value is -3.01. The second-order valence-corrected chi connectivity index (χ2v) is 4.38. The summed E-state index contributed by atoms with van der Waals surface area (Å²) in [6.07, 6.45) is 5.79. The molecule has 0 atom stereocenters. The summed E-state index contributed by atoms with van der Waals surface area (Å²) in [5.74, 6) is 0. The molecule has 1 aromatic carbocycles. The fourth-order valence-corrected chi connectivity index (χ4v) is 1.61. The maximum atomic E-state index is 9.11. The van der Waals surface area contributed by atoms with Crippen LogP contribution in [0.25, 0.3) is 0 Å². The van der Waals surface area contributed by atoms with Gasteiger partial charge in [0.05, 0.1) is 24.7 Å². The van der Waals surface area contributed by atoms with Crippen molar-refractivity contribution in [3.8, 4) is 6.07 Å². The smallest absolute Gasteiger partial charge is 0.216 e. The normalized spacial score (nSPS) is 11.5. The van der Waals surface area contributed by atoms with Crippen molar-refractivity contribution in [2.75, 3.05) is 23.7 Å². The van der Waals surface area contributed by atoms with Crippen LogP contribution < -0.4 is 10.6 Å². The van der Waals surface area contributed by atoms with Crippen molar-refractivity contribution >= 4 is 36.7 Å². The summed E-state index contributed by atoms with van der Waals surface area (Å²) in [4.78, 5) is 0. The van der Waals surface area contributed by atoms with Crippen LogP contribution in [0.4, 0.5) is 11.4 Å². The predicted octanol–water partition coefficient (Wildman–Crippen LogP) is 1.72. The minimum absolute atomic E-state index is 0.519. The van der Waals surface area contributed by atoms with Crippen molar-refractivity contribution in [3.63, 3.8) is 0 Å². The highest BCUT2D eigenvalue weighted by atomic mass is 15.1. The van der Waals surface area contributed by atoms with Gasteiger partial charge in [0.2, 0.25) is 12.7 Å². The quantitative estimate of drug-likeness (QED) is 0.334. The topological polar surface area (TPSA) is 102 Å². The van der Waals surface area contributed by atoms with Crippen LogP contribution in [0, 0.1) is 22.1 Å². The highest BCUT2D eigenvalue weighted by Crippen LogP contribution is 2.17. The standard InChI is InChI=1S/C15H19N7/c1-3-21(9-17)11-19-14-5-13(8-16)6-15(7-14)20-12-22(4-2)10-18/h5-7,9-12,17-18H,3-4H2,1-2H3/p+2. The van der Waals surface area contributed by atoms with Gasteiger partial charge in [0.1, 0.15) is 11.4 Å². The Labute approximate surface area is 130 Å². The molecule has 1 aromatic rings. The van der Waals surface area contributed by atoms with E-state index in [2.05, 4.69) is 16.7 Å². The van der Waals surface area contributed by atoms with Gasteiger partial charge in [-0.3, -0.25) is 10.6 Å². The zero-order valence-electron chi connectivity index (χ0n) is 12.8. The Morgan fingerprint density at radius 2 is 1.45 bits per heavy atom. The molecule has 0 unspecified atom stereocenters. The third-order valence-electron chi connectivity index (χ3n) is 2.92. The molecule has 0 aromatic heterocycles. The van der Waals surface area contributed by atoms with Crippen molar-refractivity contribution in [1.82, 2.24) is 0 Å². The van der Waals surface area contributed by atoms with Gasteiger partial charge in [-0.2, -0.15) is 16.1 Å². The van der Waals surface area contributed by atoms with Crippen LogP contribution >= 0.6 is 0 Å². The molecule has 22 heavy (non-hydrogen) atoms. The third kappa shape index (κ3) is 5.17. The fourth-order valence-electron chi connectivity index (χ4n) is 1.61. The van der Waals surface area contributed by atoms with E-state index < -0.39 is 0 Å². The first-order valence-corrected chi connectivity index (χ1v) is 6.94. The van der Waals surface area contributed by atoms with Crippen LogP contribution in [0.3, 0.4) is 0 Å².